The standard InChI is InChI=1S/C14H22N4/c1-4-11(3)17(5-2)14-12(10-15)18-9-7-6-8-13(18)16-14/h6-9,11H,4-5,10,15H2,1-3H3. The van der Waals surface area contributed by atoms with Gasteiger partial charge in [0, 0.05) is 25.3 Å². The zero-order chi connectivity index (χ0) is 13.1. The quantitative estimate of drug-likeness (QED) is 0.881. The number of aromatic nitrogens is 2. The Balaban J connectivity index is 2.55. The zero-order valence-electron chi connectivity index (χ0n) is 11.4. The Kier molecular flexibility index (Phi) is 3.87. The van der Waals surface area contributed by atoms with Crippen LogP contribution >= 0.6 is 0 Å². The van der Waals surface area contributed by atoms with Crippen LogP contribution in [0.25, 0.3) is 5.65 Å². The molecule has 0 bridgehead atoms. The molecule has 4 nitrogen and oxygen atoms in total. The molecule has 2 rings (SSSR count). The van der Waals surface area contributed by atoms with Gasteiger partial charge in [0.15, 0.2) is 5.82 Å². The molecule has 0 aliphatic rings. The molecule has 2 heterocycles. The van der Waals surface area contributed by atoms with Gasteiger partial charge in [0.05, 0.1) is 5.69 Å². The van der Waals surface area contributed by atoms with Gasteiger partial charge in [0.2, 0.25) is 0 Å². The van der Waals surface area contributed by atoms with Crippen LogP contribution < -0.4 is 10.6 Å². The van der Waals surface area contributed by atoms with Gasteiger partial charge in [0.1, 0.15) is 5.65 Å². The maximum absolute atomic E-state index is 5.91. The Hall–Kier alpha value is -1.55. The van der Waals surface area contributed by atoms with Crippen LogP contribution in [0, 0.1) is 0 Å². The van der Waals surface area contributed by atoms with Crippen molar-refractivity contribution >= 4 is 11.5 Å². The van der Waals surface area contributed by atoms with Gasteiger partial charge in [-0.2, -0.15) is 0 Å². The lowest BCUT2D eigenvalue weighted by Crippen LogP contribution is -2.33. The van der Waals surface area contributed by atoms with Crippen LogP contribution in [-0.2, 0) is 6.54 Å². The molecule has 2 aromatic heterocycles. The molecule has 0 saturated carbocycles. The Morgan fingerprint density at radius 3 is 2.78 bits per heavy atom. The predicted molar refractivity (Wildman–Crippen MR) is 75.9 cm³/mol. The lowest BCUT2D eigenvalue weighted by Gasteiger charge is -2.28. The summed E-state index contributed by atoms with van der Waals surface area (Å²) in [4.78, 5) is 7.06. The van der Waals surface area contributed by atoms with Gasteiger partial charge in [0.25, 0.3) is 0 Å². The Morgan fingerprint density at radius 1 is 1.39 bits per heavy atom. The minimum absolute atomic E-state index is 0.477. The van der Waals surface area contributed by atoms with Gasteiger partial charge in [-0.15, -0.1) is 0 Å². The number of fused-ring (bicyclic) bond motifs is 1. The minimum Gasteiger partial charge on any atom is -0.353 e. The molecule has 0 fully saturated rings. The van der Waals surface area contributed by atoms with E-state index in [4.69, 9.17) is 10.7 Å². The molecule has 1 unspecified atom stereocenters. The van der Waals surface area contributed by atoms with Gasteiger partial charge in [-0.3, -0.25) is 0 Å². The van der Waals surface area contributed by atoms with Gasteiger partial charge in [-0.05, 0) is 32.4 Å². The van der Waals surface area contributed by atoms with E-state index < -0.39 is 0 Å². The Bertz CT molecular complexity index is 517. The van der Waals surface area contributed by atoms with E-state index in [2.05, 4.69) is 30.1 Å². The highest BCUT2D eigenvalue weighted by molar-refractivity contribution is 5.56. The van der Waals surface area contributed by atoms with Crippen molar-refractivity contribution in [3.63, 3.8) is 0 Å². The highest BCUT2D eigenvalue weighted by Gasteiger charge is 2.19. The number of nitrogens with zero attached hydrogens (tertiary/aromatic N) is 3. The SMILES string of the molecule is CCC(C)N(CC)c1nc2ccccn2c1CN. The number of anilines is 1. The number of imidazole rings is 1. The van der Waals surface area contributed by atoms with Crippen LogP contribution in [-0.4, -0.2) is 22.0 Å². The fraction of sp³-hybridized carbons (Fsp3) is 0.500. The molecule has 2 N–H and O–H groups in total. The van der Waals surface area contributed by atoms with Crippen molar-refractivity contribution in [3.8, 4) is 0 Å². The fourth-order valence-electron chi connectivity index (χ4n) is 2.34. The van der Waals surface area contributed by atoms with Gasteiger partial charge < -0.3 is 15.0 Å². The first-order chi connectivity index (χ1) is 8.72. The van der Waals surface area contributed by atoms with E-state index in [1.54, 1.807) is 0 Å². The molecule has 0 spiro atoms. The summed E-state index contributed by atoms with van der Waals surface area (Å²) in [6, 6.07) is 6.51. The third-order valence-electron chi connectivity index (χ3n) is 3.54. The predicted octanol–water partition coefficient (Wildman–Crippen LogP) is 2.42. The van der Waals surface area contributed by atoms with Gasteiger partial charge in [-0.25, -0.2) is 4.98 Å². The summed E-state index contributed by atoms with van der Waals surface area (Å²) < 4.78 is 2.08. The molecule has 0 saturated heterocycles. The largest absolute Gasteiger partial charge is 0.353 e. The van der Waals surface area contributed by atoms with Crippen LogP contribution in [0.15, 0.2) is 24.4 Å². The summed E-state index contributed by atoms with van der Waals surface area (Å²) >= 11 is 0. The molecule has 0 radical (unpaired) electrons. The van der Waals surface area contributed by atoms with E-state index in [1.165, 1.54) is 0 Å². The summed E-state index contributed by atoms with van der Waals surface area (Å²) in [6.45, 7) is 8.05. The second-order valence-corrected chi connectivity index (χ2v) is 4.56. The fourth-order valence-corrected chi connectivity index (χ4v) is 2.34. The monoisotopic (exact) mass is 246 g/mol. The number of hydrogen-bond acceptors (Lipinski definition) is 3. The van der Waals surface area contributed by atoms with E-state index in [-0.39, 0.29) is 0 Å². The highest BCUT2D eigenvalue weighted by Crippen LogP contribution is 2.23. The summed E-state index contributed by atoms with van der Waals surface area (Å²) in [5.41, 5.74) is 7.97. The van der Waals surface area contributed by atoms with Crippen LogP contribution in [0.2, 0.25) is 0 Å². The lowest BCUT2D eigenvalue weighted by molar-refractivity contribution is 0.621. The first-order valence-electron chi connectivity index (χ1n) is 6.65. The second kappa shape index (κ2) is 5.40. The first kappa shape index (κ1) is 12.9. The van der Waals surface area contributed by atoms with E-state index in [1.807, 2.05) is 24.4 Å². The normalized spacial score (nSPS) is 12.9. The Morgan fingerprint density at radius 2 is 2.17 bits per heavy atom. The van der Waals surface area contributed by atoms with Crippen molar-refractivity contribution in [2.45, 2.75) is 39.8 Å². The smallest absolute Gasteiger partial charge is 0.152 e. The van der Waals surface area contributed by atoms with E-state index in [9.17, 15) is 0 Å². The molecule has 98 valence electrons. The molecular weight excluding hydrogens is 224 g/mol. The number of rotatable bonds is 5. The summed E-state index contributed by atoms with van der Waals surface area (Å²) in [5, 5.41) is 0. The molecule has 0 aliphatic carbocycles. The van der Waals surface area contributed by atoms with Crippen LogP contribution in [0.3, 0.4) is 0 Å². The van der Waals surface area contributed by atoms with Crippen LogP contribution in [0.1, 0.15) is 32.9 Å². The third kappa shape index (κ3) is 2.08. The molecule has 2 aromatic rings. The molecule has 1 atom stereocenters. The van der Waals surface area contributed by atoms with Crippen molar-refractivity contribution in [1.82, 2.24) is 9.38 Å². The summed E-state index contributed by atoms with van der Waals surface area (Å²) in [5.74, 6) is 1.03. The van der Waals surface area contributed by atoms with Crippen LogP contribution in [0.5, 0.6) is 0 Å². The van der Waals surface area contributed by atoms with Gasteiger partial charge in [-0.1, -0.05) is 13.0 Å². The minimum atomic E-state index is 0.477. The van der Waals surface area contributed by atoms with Crippen molar-refractivity contribution in [1.29, 1.82) is 0 Å². The average molecular weight is 246 g/mol. The third-order valence-corrected chi connectivity index (χ3v) is 3.54. The number of nitrogens with two attached hydrogens (primary N) is 1. The molecular formula is C14H22N4. The Labute approximate surface area is 108 Å². The van der Waals surface area contributed by atoms with Crippen molar-refractivity contribution < 1.29 is 0 Å². The maximum atomic E-state index is 5.91. The molecule has 0 aliphatic heterocycles. The first-order valence-corrected chi connectivity index (χ1v) is 6.65. The second-order valence-electron chi connectivity index (χ2n) is 4.56. The number of hydrogen-bond donors (Lipinski definition) is 1. The highest BCUT2D eigenvalue weighted by atomic mass is 15.2. The molecule has 0 aromatic carbocycles. The van der Waals surface area contributed by atoms with Crippen molar-refractivity contribution in [2.24, 2.45) is 5.73 Å². The summed E-state index contributed by atoms with van der Waals surface area (Å²) in [7, 11) is 0. The molecule has 18 heavy (non-hydrogen) atoms. The lowest BCUT2D eigenvalue weighted by atomic mass is 10.2. The number of pyridine rings is 1. The van der Waals surface area contributed by atoms with Gasteiger partial charge >= 0.3 is 0 Å². The van der Waals surface area contributed by atoms with E-state index >= 15 is 0 Å². The van der Waals surface area contributed by atoms with Crippen LogP contribution in [0.4, 0.5) is 5.82 Å². The molecule has 0 amide bonds. The average Bonchev–Trinajstić information content (AvgIpc) is 2.77. The van der Waals surface area contributed by atoms with E-state index in [0.717, 1.165) is 30.1 Å². The molecule has 4 heteroatoms. The topological polar surface area (TPSA) is 46.6 Å². The zero-order valence-corrected chi connectivity index (χ0v) is 11.4. The summed E-state index contributed by atoms with van der Waals surface area (Å²) in [6.07, 6.45) is 3.13. The van der Waals surface area contributed by atoms with Crippen molar-refractivity contribution in [2.75, 3.05) is 11.4 Å². The van der Waals surface area contributed by atoms with E-state index in [0.29, 0.717) is 12.6 Å². The van der Waals surface area contributed by atoms with Crippen molar-refractivity contribution in [3.05, 3.63) is 30.1 Å². The maximum Gasteiger partial charge on any atom is 0.152 e.